The summed E-state index contributed by atoms with van der Waals surface area (Å²) in [5.74, 6) is 0.232. The van der Waals surface area contributed by atoms with Crippen molar-refractivity contribution in [3.63, 3.8) is 0 Å². The number of halogens is 3. The normalized spacial score (nSPS) is 19.4. The van der Waals surface area contributed by atoms with Crippen LogP contribution in [-0.4, -0.2) is 59.2 Å². The molecule has 2 aromatic rings. The Hall–Kier alpha value is -3.24. The summed E-state index contributed by atoms with van der Waals surface area (Å²) in [6.07, 6.45) is -2.93. The number of aromatic nitrogens is 2. The van der Waals surface area contributed by atoms with E-state index in [9.17, 15) is 27.6 Å². The third-order valence-electron chi connectivity index (χ3n) is 6.73. The number of nitrogens with zero attached hydrogens (tertiary/aromatic N) is 5. The van der Waals surface area contributed by atoms with Crippen LogP contribution in [0.25, 0.3) is 0 Å². The van der Waals surface area contributed by atoms with Crippen LogP contribution in [0.5, 0.6) is 0 Å². The van der Waals surface area contributed by atoms with Crippen molar-refractivity contribution in [3.05, 3.63) is 56.7 Å². The van der Waals surface area contributed by atoms with Gasteiger partial charge in [0.05, 0.1) is 11.5 Å². The van der Waals surface area contributed by atoms with E-state index >= 15 is 0 Å². The Bertz CT molecular complexity index is 1180. The molecule has 2 saturated heterocycles. The van der Waals surface area contributed by atoms with Gasteiger partial charge in [0.15, 0.2) is 0 Å². The summed E-state index contributed by atoms with van der Waals surface area (Å²) in [6, 6.07) is 6.67. The van der Waals surface area contributed by atoms with Gasteiger partial charge in [0.2, 0.25) is 5.91 Å². The van der Waals surface area contributed by atoms with Gasteiger partial charge in [-0.25, -0.2) is 4.79 Å². The van der Waals surface area contributed by atoms with Crippen molar-refractivity contribution in [3.8, 4) is 0 Å². The lowest BCUT2D eigenvalue weighted by Crippen LogP contribution is -2.53. The molecule has 0 bridgehead atoms. The number of hydrogen-bond donors (Lipinski definition) is 0. The number of rotatable bonds is 3. The van der Waals surface area contributed by atoms with Crippen molar-refractivity contribution >= 4 is 17.4 Å². The average Bonchev–Trinajstić information content (AvgIpc) is 2.84. The molecule has 3 heterocycles. The fourth-order valence-corrected chi connectivity index (χ4v) is 4.73. The molecule has 11 heteroatoms. The van der Waals surface area contributed by atoms with Crippen LogP contribution in [0.1, 0.15) is 18.4 Å². The number of carbonyl (C=O) groups is 1. The van der Waals surface area contributed by atoms with Crippen LogP contribution < -0.4 is 21.0 Å². The van der Waals surface area contributed by atoms with Crippen molar-refractivity contribution < 1.29 is 18.0 Å². The maximum Gasteiger partial charge on any atom is 0.416 e. The van der Waals surface area contributed by atoms with Crippen LogP contribution in [0, 0.1) is 5.92 Å². The number of alkyl halides is 3. The molecule has 0 spiro atoms. The SMILES string of the molecule is Cn1c(N2CCC[C@@H](C(=O)N3CCN(c4cccc(C(F)(F)F)c4)CC3)C2)cc(=O)n(C)c1=O. The highest BCUT2D eigenvalue weighted by atomic mass is 19.4. The standard InChI is InChI=1S/C23H28F3N5O3/c1-27-19(14-20(32)28(2)22(27)34)31-8-4-5-16(15-31)21(33)30-11-9-29(10-12-30)18-7-3-6-17(13-18)23(24,25)26/h3,6-7,13-14,16H,4-5,8-12,15H2,1-2H3/t16-/m1/s1. The Morgan fingerprint density at radius 1 is 0.941 bits per heavy atom. The summed E-state index contributed by atoms with van der Waals surface area (Å²) < 4.78 is 41.6. The molecule has 0 aliphatic carbocycles. The third kappa shape index (κ3) is 4.69. The first-order valence-electron chi connectivity index (χ1n) is 11.3. The van der Waals surface area contributed by atoms with E-state index in [4.69, 9.17) is 0 Å². The lowest BCUT2D eigenvalue weighted by molar-refractivity contribution is -0.137. The molecule has 34 heavy (non-hydrogen) atoms. The van der Waals surface area contributed by atoms with Gasteiger partial charge in [-0.15, -0.1) is 0 Å². The maximum atomic E-state index is 13.2. The van der Waals surface area contributed by atoms with Crippen molar-refractivity contribution in [2.24, 2.45) is 20.0 Å². The molecule has 2 aliphatic rings. The van der Waals surface area contributed by atoms with Gasteiger partial charge in [-0.2, -0.15) is 13.2 Å². The molecular weight excluding hydrogens is 451 g/mol. The summed E-state index contributed by atoms with van der Waals surface area (Å²) in [5, 5.41) is 0. The van der Waals surface area contributed by atoms with Crippen LogP contribution in [-0.2, 0) is 25.1 Å². The minimum Gasteiger partial charge on any atom is -0.368 e. The molecule has 0 N–H and O–H groups in total. The first-order valence-corrected chi connectivity index (χ1v) is 11.3. The zero-order valence-electron chi connectivity index (χ0n) is 19.2. The number of carbonyl (C=O) groups excluding carboxylic acids is 1. The zero-order chi connectivity index (χ0) is 24.6. The molecule has 4 rings (SSSR count). The topological polar surface area (TPSA) is 70.8 Å². The molecule has 1 aromatic heterocycles. The molecule has 184 valence electrons. The molecular formula is C23H28F3N5O3. The summed E-state index contributed by atoms with van der Waals surface area (Å²) in [6.45, 7) is 2.81. The van der Waals surface area contributed by atoms with Crippen LogP contribution in [0.2, 0.25) is 0 Å². The lowest BCUT2D eigenvalue weighted by Gasteiger charge is -2.40. The number of benzene rings is 1. The Balaban J connectivity index is 1.41. The number of piperazine rings is 1. The number of amides is 1. The van der Waals surface area contributed by atoms with Gasteiger partial charge in [-0.05, 0) is 31.0 Å². The van der Waals surface area contributed by atoms with E-state index in [1.54, 1.807) is 18.0 Å². The molecule has 8 nitrogen and oxygen atoms in total. The van der Waals surface area contributed by atoms with Crippen molar-refractivity contribution in [2.75, 3.05) is 49.1 Å². The van der Waals surface area contributed by atoms with Gasteiger partial charge in [0.1, 0.15) is 5.82 Å². The first-order chi connectivity index (χ1) is 16.1. The minimum absolute atomic E-state index is 0.00206. The highest BCUT2D eigenvalue weighted by molar-refractivity contribution is 5.80. The van der Waals surface area contributed by atoms with E-state index in [0.29, 0.717) is 57.2 Å². The Kier molecular flexibility index (Phi) is 6.46. The summed E-state index contributed by atoms with van der Waals surface area (Å²) in [4.78, 5) is 43.2. The second-order valence-electron chi connectivity index (χ2n) is 8.89. The van der Waals surface area contributed by atoms with E-state index in [1.807, 2.05) is 9.80 Å². The van der Waals surface area contributed by atoms with E-state index < -0.39 is 23.0 Å². The highest BCUT2D eigenvalue weighted by Crippen LogP contribution is 2.32. The monoisotopic (exact) mass is 479 g/mol. The summed E-state index contributed by atoms with van der Waals surface area (Å²) in [5.41, 5.74) is -0.993. The highest BCUT2D eigenvalue weighted by Gasteiger charge is 2.33. The molecule has 1 aromatic carbocycles. The van der Waals surface area contributed by atoms with Gasteiger partial charge in [0.25, 0.3) is 5.56 Å². The van der Waals surface area contributed by atoms with Crippen LogP contribution in [0.4, 0.5) is 24.7 Å². The fraction of sp³-hybridized carbons (Fsp3) is 0.522. The van der Waals surface area contributed by atoms with Crippen LogP contribution >= 0.6 is 0 Å². The van der Waals surface area contributed by atoms with Crippen molar-refractivity contribution in [1.82, 2.24) is 14.0 Å². The van der Waals surface area contributed by atoms with E-state index in [2.05, 4.69) is 0 Å². The zero-order valence-corrected chi connectivity index (χ0v) is 19.2. The lowest BCUT2D eigenvalue weighted by atomic mass is 9.96. The van der Waals surface area contributed by atoms with Gasteiger partial charge in [-0.1, -0.05) is 6.07 Å². The van der Waals surface area contributed by atoms with Gasteiger partial charge >= 0.3 is 11.9 Å². The van der Waals surface area contributed by atoms with E-state index in [1.165, 1.54) is 23.7 Å². The average molecular weight is 480 g/mol. The second kappa shape index (κ2) is 9.19. The van der Waals surface area contributed by atoms with Crippen LogP contribution in [0.3, 0.4) is 0 Å². The molecule has 2 aliphatic heterocycles. The number of anilines is 2. The second-order valence-corrected chi connectivity index (χ2v) is 8.89. The smallest absolute Gasteiger partial charge is 0.368 e. The minimum atomic E-state index is -4.40. The van der Waals surface area contributed by atoms with Crippen molar-refractivity contribution in [2.45, 2.75) is 19.0 Å². The molecule has 0 radical (unpaired) electrons. The largest absolute Gasteiger partial charge is 0.416 e. The van der Waals surface area contributed by atoms with E-state index in [0.717, 1.165) is 23.1 Å². The van der Waals surface area contributed by atoms with Crippen LogP contribution in [0.15, 0.2) is 39.9 Å². The summed E-state index contributed by atoms with van der Waals surface area (Å²) >= 11 is 0. The molecule has 1 atom stereocenters. The number of hydrogen-bond acceptors (Lipinski definition) is 5. The van der Waals surface area contributed by atoms with Gasteiger partial charge in [0, 0.05) is 65.1 Å². The Morgan fingerprint density at radius 2 is 1.65 bits per heavy atom. The molecule has 0 unspecified atom stereocenters. The van der Waals surface area contributed by atoms with E-state index in [-0.39, 0.29) is 11.8 Å². The summed E-state index contributed by atoms with van der Waals surface area (Å²) in [7, 11) is 3.03. The first kappa shape index (κ1) is 23.9. The number of piperidine rings is 1. The van der Waals surface area contributed by atoms with Gasteiger partial charge < -0.3 is 14.7 Å². The van der Waals surface area contributed by atoms with Gasteiger partial charge in [-0.3, -0.25) is 18.7 Å². The predicted octanol–water partition coefficient (Wildman–Crippen LogP) is 1.67. The molecule has 2 fully saturated rings. The Morgan fingerprint density at radius 3 is 2.32 bits per heavy atom. The van der Waals surface area contributed by atoms with Crippen molar-refractivity contribution in [1.29, 1.82) is 0 Å². The maximum absolute atomic E-state index is 13.2. The quantitative estimate of drug-likeness (QED) is 0.670. The fourth-order valence-electron chi connectivity index (χ4n) is 4.73. The molecule has 0 saturated carbocycles. The predicted molar refractivity (Wildman–Crippen MR) is 122 cm³/mol. The Labute approximate surface area is 194 Å². The third-order valence-corrected chi connectivity index (χ3v) is 6.73. The molecule has 1 amide bonds.